The fourth-order valence-corrected chi connectivity index (χ4v) is 3.39. The number of hydrazone groups is 2. The molecule has 2 rings (SSSR count). The van der Waals surface area contributed by atoms with Gasteiger partial charge in [0.1, 0.15) is 11.5 Å². The van der Waals surface area contributed by atoms with Crippen LogP contribution in [0.15, 0.2) is 58.7 Å². The van der Waals surface area contributed by atoms with Gasteiger partial charge in [-0.05, 0) is 49.9 Å². The molecule has 4 N–H and O–H groups in total. The summed E-state index contributed by atoms with van der Waals surface area (Å²) < 4.78 is 0. The van der Waals surface area contributed by atoms with E-state index in [2.05, 4.69) is 21.1 Å². The minimum absolute atomic E-state index is 0.135. The molecular weight excluding hydrogens is 432 g/mol. The van der Waals surface area contributed by atoms with Crippen LogP contribution in [0.2, 0.25) is 0 Å². The van der Waals surface area contributed by atoms with Crippen molar-refractivity contribution in [2.24, 2.45) is 10.2 Å². The van der Waals surface area contributed by atoms with Crippen LogP contribution in [0.4, 0.5) is 0 Å². The van der Waals surface area contributed by atoms with Gasteiger partial charge < -0.3 is 10.2 Å². The van der Waals surface area contributed by atoms with Crippen molar-refractivity contribution in [1.29, 1.82) is 0 Å². The van der Waals surface area contributed by atoms with Gasteiger partial charge in [0.25, 0.3) is 0 Å². The monoisotopic (exact) mass is 466 g/mol. The number of unbranched alkanes of at least 4 members (excludes halogenated alkanes) is 3. The molecule has 0 spiro atoms. The number of phenolic OH excluding ortho intramolecular Hbond substituents is 2. The fraction of sp³-hybridized carbons (Fsp3) is 0.385. The maximum Gasteiger partial charge on any atom is 0.240 e. The number of carbonyl (C=O) groups excluding carboxylic acids is 2. The molecule has 0 aliphatic rings. The van der Waals surface area contributed by atoms with Gasteiger partial charge in [-0.2, -0.15) is 10.2 Å². The molecule has 0 aliphatic heterocycles. The zero-order chi connectivity index (χ0) is 24.8. The molecule has 0 bridgehead atoms. The molecule has 0 saturated heterocycles. The summed E-state index contributed by atoms with van der Waals surface area (Å²) in [4.78, 5) is 24.1. The molecule has 0 atom stereocenters. The quantitative estimate of drug-likeness (QED) is 0.196. The summed E-state index contributed by atoms with van der Waals surface area (Å²) in [5, 5.41) is 28.2. The highest BCUT2D eigenvalue weighted by molar-refractivity contribution is 6.03. The molecule has 2 amide bonds. The Morgan fingerprint density at radius 2 is 1.06 bits per heavy atom. The van der Waals surface area contributed by atoms with Crippen LogP contribution in [0.3, 0.4) is 0 Å². The van der Waals surface area contributed by atoms with Gasteiger partial charge in [-0.3, -0.25) is 9.59 Å². The van der Waals surface area contributed by atoms with Gasteiger partial charge in [-0.1, -0.05) is 51.0 Å². The summed E-state index contributed by atoms with van der Waals surface area (Å²) in [6.07, 6.45) is 4.90. The Kier molecular flexibility index (Phi) is 11.3. The van der Waals surface area contributed by atoms with E-state index in [-0.39, 0.29) is 23.3 Å². The SMILES string of the molecule is CC/C(=N\NC(=O)CCCCCCC(=O)N/N=C(\CC)c1ccccc1O)c1ccccc1O. The highest BCUT2D eigenvalue weighted by atomic mass is 16.3. The third-order valence-electron chi connectivity index (χ3n) is 5.29. The molecule has 0 heterocycles. The van der Waals surface area contributed by atoms with Crippen molar-refractivity contribution in [3.05, 3.63) is 59.7 Å². The van der Waals surface area contributed by atoms with Crippen molar-refractivity contribution in [1.82, 2.24) is 10.9 Å². The number of nitrogens with zero attached hydrogens (tertiary/aromatic N) is 2. The standard InChI is InChI=1S/C26H34N4O4/c1-3-21(19-13-9-11-15-23(19)31)27-29-25(33)17-7-5-6-8-18-26(34)30-28-22(4-2)20-14-10-12-16-24(20)32/h9-16,31-32H,3-8,17-18H2,1-2H3,(H,29,33)(H,30,34)/b27-21+,28-22+. The van der Waals surface area contributed by atoms with Gasteiger partial charge in [-0.15, -0.1) is 0 Å². The van der Waals surface area contributed by atoms with E-state index in [0.717, 1.165) is 12.8 Å². The van der Waals surface area contributed by atoms with Crippen LogP contribution >= 0.6 is 0 Å². The Morgan fingerprint density at radius 3 is 1.41 bits per heavy atom. The summed E-state index contributed by atoms with van der Waals surface area (Å²) in [6, 6.07) is 13.8. The zero-order valence-corrected chi connectivity index (χ0v) is 19.9. The predicted octanol–water partition coefficient (Wildman–Crippen LogP) is 4.60. The van der Waals surface area contributed by atoms with Gasteiger partial charge >= 0.3 is 0 Å². The number of aromatic hydroxyl groups is 2. The van der Waals surface area contributed by atoms with E-state index in [4.69, 9.17) is 0 Å². The second kappa shape index (κ2) is 14.5. The van der Waals surface area contributed by atoms with E-state index >= 15 is 0 Å². The van der Waals surface area contributed by atoms with E-state index in [1.807, 2.05) is 26.0 Å². The lowest BCUT2D eigenvalue weighted by atomic mass is 10.1. The lowest BCUT2D eigenvalue weighted by molar-refractivity contribution is -0.122. The molecule has 8 nitrogen and oxygen atoms in total. The average molecular weight is 467 g/mol. The first-order chi connectivity index (χ1) is 16.5. The summed E-state index contributed by atoms with van der Waals surface area (Å²) in [6.45, 7) is 3.82. The van der Waals surface area contributed by atoms with Crippen molar-refractivity contribution >= 4 is 23.2 Å². The number of para-hydroxylation sites is 2. The number of benzene rings is 2. The van der Waals surface area contributed by atoms with E-state index < -0.39 is 0 Å². The Bertz CT molecular complexity index is 936. The Labute approximate surface area is 200 Å². The van der Waals surface area contributed by atoms with Crippen LogP contribution in [0.1, 0.15) is 76.3 Å². The van der Waals surface area contributed by atoms with Crippen LogP contribution < -0.4 is 10.9 Å². The van der Waals surface area contributed by atoms with Gasteiger partial charge in [0, 0.05) is 24.0 Å². The first-order valence-electron chi connectivity index (χ1n) is 11.7. The first kappa shape index (κ1) is 26.6. The Morgan fingerprint density at radius 1 is 0.676 bits per heavy atom. The van der Waals surface area contributed by atoms with Gasteiger partial charge in [0.15, 0.2) is 0 Å². The maximum absolute atomic E-state index is 12.1. The fourth-order valence-electron chi connectivity index (χ4n) is 3.39. The van der Waals surface area contributed by atoms with Crippen molar-refractivity contribution in [3.63, 3.8) is 0 Å². The van der Waals surface area contributed by atoms with Gasteiger partial charge in [-0.25, -0.2) is 10.9 Å². The molecule has 0 unspecified atom stereocenters. The van der Waals surface area contributed by atoms with Crippen LogP contribution in [0.5, 0.6) is 11.5 Å². The largest absolute Gasteiger partial charge is 0.507 e. The highest BCUT2D eigenvalue weighted by Gasteiger charge is 2.09. The molecule has 0 aromatic heterocycles. The molecule has 2 aromatic carbocycles. The lowest BCUT2D eigenvalue weighted by Crippen LogP contribution is -2.20. The molecule has 0 radical (unpaired) electrons. The second-order valence-corrected chi connectivity index (χ2v) is 7.84. The van der Waals surface area contributed by atoms with Gasteiger partial charge in [0.05, 0.1) is 11.4 Å². The summed E-state index contributed by atoms with van der Waals surface area (Å²) in [7, 11) is 0. The van der Waals surface area contributed by atoms with Crippen LogP contribution in [-0.4, -0.2) is 33.5 Å². The number of hydrogen-bond acceptors (Lipinski definition) is 6. The highest BCUT2D eigenvalue weighted by Crippen LogP contribution is 2.19. The number of hydrogen-bond donors (Lipinski definition) is 4. The number of phenols is 2. The van der Waals surface area contributed by atoms with E-state index in [1.165, 1.54) is 0 Å². The van der Waals surface area contributed by atoms with Crippen molar-refractivity contribution in [3.8, 4) is 11.5 Å². The topological polar surface area (TPSA) is 123 Å². The van der Waals surface area contributed by atoms with Crippen molar-refractivity contribution in [2.75, 3.05) is 0 Å². The first-order valence-corrected chi connectivity index (χ1v) is 11.7. The molecule has 2 aromatic rings. The predicted molar refractivity (Wildman–Crippen MR) is 134 cm³/mol. The lowest BCUT2D eigenvalue weighted by Gasteiger charge is -2.07. The van der Waals surface area contributed by atoms with E-state index in [1.54, 1.807) is 36.4 Å². The third-order valence-corrected chi connectivity index (χ3v) is 5.29. The van der Waals surface area contributed by atoms with Crippen molar-refractivity contribution < 1.29 is 19.8 Å². The second-order valence-electron chi connectivity index (χ2n) is 7.84. The smallest absolute Gasteiger partial charge is 0.240 e. The molecule has 0 aliphatic carbocycles. The van der Waals surface area contributed by atoms with Crippen molar-refractivity contribution in [2.45, 2.75) is 65.2 Å². The zero-order valence-electron chi connectivity index (χ0n) is 19.9. The van der Waals surface area contributed by atoms with E-state index in [9.17, 15) is 19.8 Å². The average Bonchev–Trinajstić information content (AvgIpc) is 2.84. The Balaban J connectivity index is 1.65. The summed E-state index contributed by atoms with van der Waals surface area (Å²) in [5.41, 5.74) is 7.58. The molecule has 0 fully saturated rings. The van der Waals surface area contributed by atoms with Crippen LogP contribution in [0.25, 0.3) is 0 Å². The summed E-state index contributed by atoms with van der Waals surface area (Å²) >= 11 is 0. The normalized spacial score (nSPS) is 11.8. The van der Waals surface area contributed by atoms with E-state index in [0.29, 0.717) is 61.1 Å². The van der Waals surface area contributed by atoms with Gasteiger partial charge in [0.2, 0.25) is 11.8 Å². The minimum Gasteiger partial charge on any atom is -0.507 e. The molecule has 0 saturated carbocycles. The maximum atomic E-state index is 12.1. The number of rotatable bonds is 13. The third kappa shape index (κ3) is 8.69. The summed E-state index contributed by atoms with van der Waals surface area (Å²) in [5.74, 6) is -0.0816. The minimum atomic E-state index is -0.176. The number of amides is 2. The number of nitrogens with one attached hydrogen (secondary N) is 2. The Hall–Kier alpha value is -3.68. The van der Waals surface area contributed by atoms with Crippen LogP contribution in [-0.2, 0) is 9.59 Å². The van der Waals surface area contributed by atoms with Crippen LogP contribution in [0, 0.1) is 0 Å². The molecule has 182 valence electrons. The molecule has 34 heavy (non-hydrogen) atoms. The number of carbonyl (C=O) groups is 2. The molecular formula is C26H34N4O4. The molecule has 8 heteroatoms.